The normalized spacial score (nSPS) is 19.5. The molecule has 1 saturated heterocycles. The van der Waals surface area contributed by atoms with E-state index < -0.39 is 17.5 Å². The van der Waals surface area contributed by atoms with Crippen molar-refractivity contribution in [3.8, 4) is 0 Å². The number of fused-ring (bicyclic) bond motifs is 1. The minimum absolute atomic E-state index is 0.0970. The van der Waals surface area contributed by atoms with E-state index in [1.165, 1.54) is 6.07 Å². The third-order valence-corrected chi connectivity index (χ3v) is 3.95. The Morgan fingerprint density at radius 3 is 3.09 bits per heavy atom. The second-order valence-electron chi connectivity index (χ2n) is 6.16. The first-order valence-corrected chi connectivity index (χ1v) is 7.68. The Morgan fingerprint density at radius 1 is 1.43 bits per heavy atom. The minimum atomic E-state index is -0.806. The van der Waals surface area contributed by atoms with Crippen LogP contribution in [0.2, 0.25) is 0 Å². The molecule has 2 N–H and O–H groups in total. The summed E-state index contributed by atoms with van der Waals surface area (Å²) >= 11 is 0. The van der Waals surface area contributed by atoms with Gasteiger partial charge in [0.2, 0.25) is 11.5 Å². The third kappa shape index (κ3) is 3.20. The van der Waals surface area contributed by atoms with Crippen molar-refractivity contribution in [2.75, 3.05) is 19.7 Å². The number of carbonyl (C=O) groups excluding carboxylic acids is 1. The van der Waals surface area contributed by atoms with Gasteiger partial charge in [-0.2, -0.15) is 0 Å². The molecular formula is C16H20FN3O3. The summed E-state index contributed by atoms with van der Waals surface area (Å²) in [6.45, 7) is 5.58. The summed E-state index contributed by atoms with van der Waals surface area (Å²) in [5, 5.41) is 10.6. The molecule has 2 heterocycles. The largest absolute Gasteiger partial charge is 0.367 e. The molecule has 2 aromatic rings. The first-order chi connectivity index (χ1) is 11.0. The molecule has 1 aliphatic heterocycles. The standard InChI is InChI=1S/C16H20FN3O3/c1-16(2,19-15(21)12-6-7-18-8-9-22-12)14-10-4-3-5-11(17)13(10)23-20-14/h3-5,12,18H,6-9H2,1-2H3,(H,19,21). The molecule has 1 atom stereocenters. The Hall–Kier alpha value is -1.99. The molecule has 0 aliphatic carbocycles. The number of hydrogen-bond acceptors (Lipinski definition) is 5. The Morgan fingerprint density at radius 2 is 2.26 bits per heavy atom. The van der Waals surface area contributed by atoms with Crippen molar-refractivity contribution in [1.82, 2.24) is 15.8 Å². The van der Waals surface area contributed by atoms with Gasteiger partial charge in [-0.15, -0.1) is 0 Å². The molecule has 1 fully saturated rings. The lowest BCUT2D eigenvalue weighted by molar-refractivity contribution is -0.134. The minimum Gasteiger partial charge on any atom is -0.367 e. The average Bonchev–Trinajstić information content (AvgIpc) is 2.77. The predicted molar refractivity (Wildman–Crippen MR) is 82.4 cm³/mol. The molecule has 1 aromatic carbocycles. The molecule has 6 nitrogen and oxygen atoms in total. The molecule has 0 bridgehead atoms. The molecule has 0 saturated carbocycles. The number of ether oxygens (including phenoxy) is 1. The van der Waals surface area contributed by atoms with Crippen LogP contribution in [-0.2, 0) is 15.1 Å². The van der Waals surface area contributed by atoms with Crippen LogP contribution in [0.25, 0.3) is 11.0 Å². The first-order valence-electron chi connectivity index (χ1n) is 7.68. The summed E-state index contributed by atoms with van der Waals surface area (Å²) in [6.07, 6.45) is 0.106. The van der Waals surface area contributed by atoms with Crippen LogP contribution in [0.1, 0.15) is 26.0 Å². The number of nitrogens with one attached hydrogen (secondary N) is 2. The summed E-state index contributed by atoms with van der Waals surface area (Å²) in [4.78, 5) is 12.5. The quantitative estimate of drug-likeness (QED) is 0.900. The maximum absolute atomic E-state index is 13.7. The Labute approximate surface area is 133 Å². The number of carbonyl (C=O) groups is 1. The van der Waals surface area contributed by atoms with Gasteiger partial charge >= 0.3 is 0 Å². The van der Waals surface area contributed by atoms with Crippen LogP contribution >= 0.6 is 0 Å². The second kappa shape index (κ2) is 6.25. The van der Waals surface area contributed by atoms with Crippen LogP contribution in [0.5, 0.6) is 0 Å². The summed E-state index contributed by atoms with van der Waals surface area (Å²) in [5.41, 5.74) is -0.217. The zero-order valence-corrected chi connectivity index (χ0v) is 13.2. The van der Waals surface area contributed by atoms with E-state index >= 15 is 0 Å². The smallest absolute Gasteiger partial charge is 0.249 e. The molecule has 23 heavy (non-hydrogen) atoms. The Balaban J connectivity index is 1.82. The number of nitrogens with zero attached hydrogens (tertiary/aromatic N) is 1. The van der Waals surface area contributed by atoms with E-state index in [9.17, 15) is 9.18 Å². The Bertz CT molecular complexity index is 706. The van der Waals surface area contributed by atoms with E-state index in [2.05, 4.69) is 15.8 Å². The van der Waals surface area contributed by atoms with Gasteiger partial charge < -0.3 is 19.9 Å². The summed E-state index contributed by atoms with van der Waals surface area (Å²) in [6, 6.07) is 4.63. The Kier molecular flexibility index (Phi) is 4.32. The van der Waals surface area contributed by atoms with Crippen molar-refractivity contribution in [3.63, 3.8) is 0 Å². The van der Waals surface area contributed by atoms with Gasteiger partial charge in [0, 0.05) is 6.54 Å². The fraction of sp³-hybridized carbons (Fsp3) is 0.500. The summed E-state index contributed by atoms with van der Waals surface area (Å²) in [5.74, 6) is -0.673. The second-order valence-corrected chi connectivity index (χ2v) is 6.16. The molecule has 124 valence electrons. The van der Waals surface area contributed by atoms with E-state index in [1.54, 1.807) is 12.1 Å². The van der Waals surface area contributed by atoms with Crippen LogP contribution in [-0.4, -0.2) is 36.9 Å². The topological polar surface area (TPSA) is 76.4 Å². The lowest BCUT2D eigenvalue weighted by Gasteiger charge is -2.26. The zero-order chi connectivity index (χ0) is 16.4. The molecule has 7 heteroatoms. The van der Waals surface area contributed by atoms with Crippen LogP contribution in [0, 0.1) is 5.82 Å². The number of para-hydroxylation sites is 1. The lowest BCUT2D eigenvalue weighted by atomic mass is 9.96. The van der Waals surface area contributed by atoms with E-state index in [0.717, 1.165) is 13.1 Å². The van der Waals surface area contributed by atoms with Crippen molar-refractivity contribution >= 4 is 16.9 Å². The van der Waals surface area contributed by atoms with E-state index in [0.29, 0.717) is 24.1 Å². The highest BCUT2D eigenvalue weighted by Gasteiger charge is 2.32. The van der Waals surface area contributed by atoms with Gasteiger partial charge in [-0.05, 0) is 38.9 Å². The van der Waals surface area contributed by atoms with Crippen LogP contribution in [0.4, 0.5) is 4.39 Å². The number of halogens is 1. The maximum atomic E-state index is 13.7. The summed E-state index contributed by atoms with van der Waals surface area (Å²) < 4.78 is 24.4. The van der Waals surface area contributed by atoms with Crippen molar-refractivity contribution in [3.05, 3.63) is 29.7 Å². The van der Waals surface area contributed by atoms with E-state index in [4.69, 9.17) is 9.26 Å². The highest BCUT2D eigenvalue weighted by Crippen LogP contribution is 2.29. The van der Waals surface area contributed by atoms with Gasteiger partial charge in [0.1, 0.15) is 11.8 Å². The maximum Gasteiger partial charge on any atom is 0.249 e. The van der Waals surface area contributed by atoms with Gasteiger partial charge in [-0.25, -0.2) is 4.39 Å². The number of rotatable bonds is 3. The van der Waals surface area contributed by atoms with Crippen molar-refractivity contribution in [2.24, 2.45) is 0 Å². The molecule has 1 aliphatic rings. The first kappa shape index (κ1) is 15.9. The van der Waals surface area contributed by atoms with E-state index in [-0.39, 0.29) is 11.5 Å². The predicted octanol–water partition coefficient (Wildman–Crippen LogP) is 1.70. The third-order valence-electron chi connectivity index (χ3n) is 3.95. The number of hydrogen-bond donors (Lipinski definition) is 2. The van der Waals surface area contributed by atoms with Crippen LogP contribution in [0.15, 0.2) is 22.7 Å². The highest BCUT2D eigenvalue weighted by atomic mass is 19.1. The molecule has 1 amide bonds. The van der Waals surface area contributed by atoms with Gasteiger partial charge in [-0.3, -0.25) is 4.79 Å². The van der Waals surface area contributed by atoms with Crippen molar-refractivity contribution < 1.29 is 18.4 Å². The molecule has 1 aromatic heterocycles. The average molecular weight is 321 g/mol. The lowest BCUT2D eigenvalue weighted by Crippen LogP contribution is -2.47. The SMILES string of the molecule is CC(C)(NC(=O)C1CCNCCO1)c1noc2c(F)cccc12. The number of amides is 1. The fourth-order valence-electron chi connectivity index (χ4n) is 2.75. The van der Waals surface area contributed by atoms with E-state index in [1.807, 2.05) is 13.8 Å². The molecule has 3 rings (SSSR count). The van der Waals surface area contributed by atoms with Crippen LogP contribution < -0.4 is 10.6 Å². The van der Waals surface area contributed by atoms with Crippen molar-refractivity contribution in [2.45, 2.75) is 31.9 Å². The van der Waals surface area contributed by atoms with Crippen LogP contribution in [0.3, 0.4) is 0 Å². The fourth-order valence-corrected chi connectivity index (χ4v) is 2.75. The van der Waals surface area contributed by atoms with Gasteiger partial charge in [0.05, 0.1) is 17.5 Å². The number of aromatic nitrogens is 1. The molecule has 1 unspecified atom stereocenters. The van der Waals surface area contributed by atoms with Gasteiger partial charge in [-0.1, -0.05) is 11.2 Å². The molecule has 0 radical (unpaired) electrons. The van der Waals surface area contributed by atoms with Crippen molar-refractivity contribution in [1.29, 1.82) is 0 Å². The van der Waals surface area contributed by atoms with Gasteiger partial charge in [0.15, 0.2) is 5.82 Å². The molecule has 0 spiro atoms. The zero-order valence-electron chi connectivity index (χ0n) is 13.2. The monoisotopic (exact) mass is 321 g/mol. The van der Waals surface area contributed by atoms with Gasteiger partial charge in [0.25, 0.3) is 0 Å². The highest BCUT2D eigenvalue weighted by molar-refractivity contribution is 5.84. The molecular weight excluding hydrogens is 301 g/mol. The summed E-state index contributed by atoms with van der Waals surface area (Å²) in [7, 11) is 0. The number of benzene rings is 1.